The van der Waals surface area contributed by atoms with Gasteiger partial charge in [0.1, 0.15) is 0 Å². The molecular formula is C7H10N2O3S. The van der Waals surface area contributed by atoms with E-state index in [1.54, 1.807) is 13.8 Å². The zero-order valence-corrected chi connectivity index (χ0v) is 8.17. The summed E-state index contributed by atoms with van der Waals surface area (Å²) < 4.78 is 5.08. The van der Waals surface area contributed by atoms with Gasteiger partial charge in [-0.1, -0.05) is 18.7 Å². The number of hydrogen-bond donors (Lipinski definition) is 1. The molecule has 1 atom stereocenters. The Kier molecular flexibility index (Phi) is 3.30. The van der Waals surface area contributed by atoms with Gasteiger partial charge >= 0.3 is 5.97 Å². The van der Waals surface area contributed by atoms with Crippen LogP contribution in [-0.2, 0) is 4.79 Å². The second-order valence-corrected chi connectivity index (χ2v) is 4.00. The number of aromatic nitrogens is 2. The third-order valence-corrected chi connectivity index (χ3v) is 2.21. The van der Waals surface area contributed by atoms with Crippen LogP contribution in [0.2, 0.25) is 0 Å². The predicted molar refractivity (Wildman–Crippen MR) is 46.6 cm³/mol. The second kappa shape index (κ2) is 4.27. The smallest absolute Gasteiger partial charge is 0.304 e. The maximum absolute atomic E-state index is 10.3. The van der Waals surface area contributed by atoms with Crippen LogP contribution in [0.5, 0.6) is 0 Å². The SMILES string of the molecule is Cc1nnc(SC(C)CC(=O)O)o1. The fourth-order valence-electron chi connectivity index (χ4n) is 0.786. The molecule has 0 radical (unpaired) electrons. The zero-order valence-electron chi connectivity index (χ0n) is 7.35. The van der Waals surface area contributed by atoms with E-state index in [1.165, 1.54) is 11.8 Å². The molecule has 6 heteroatoms. The van der Waals surface area contributed by atoms with Crippen LogP contribution in [0.15, 0.2) is 9.64 Å². The van der Waals surface area contributed by atoms with Crippen LogP contribution < -0.4 is 0 Å². The third-order valence-electron chi connectivity index (χ3n) is 1.27. The molecule has 5 nitrogen and oxygen atoms in total. The highest BCUT2D eigenvalue weighted by molar-refractivity contribution is 7.99. The van der Waals surface area contributed by atoms with Gasteiger partial charge in [0.2, 0.25) is 5.89 Å². The Morgan fingerprint density at radius 2 is 2.38 bits per heavy atom. The number of carboxylic acids is 1. The molecule has 0 saturated heterocycles. The van der Waals surface area contributed by atoms with Crippen molar-refractivity contribution < 1.29 is 14.3 Å². The van der Waals surface area contributed by atoms with Gasteiger partial charge in [-0.15, -0.1) is 10.2 Å². The van der Waals surface area contributed by atoms with Crippen molar-refractivity contribution in [2.24, 2.45) is 0 Å². The van der Waals surface area contributed by atoms with E-state index in [9.17, 15) is 4.79 Å². The minimum Gasteiger partial charge on any atom is -0.481 e. The highest BCUT2D eigenvalue weighted by Crippen LogP contribution is 2.23. The van der Waals surface area contributed by atoms with E-state index in [1.807, 2.05) is 0 Å². The maximum atomic E-state index is 10.3. The van der Waals surface area contributed by atoms with E-state index >= 15 is 0 Å². The summed E-state index contributed by atoms with van der Waals surface area (Å²) in [5.74, 6) is -0.332. The summed E-state index contributed by atoms with van der Waals surface area (Å²) in [6.07, 6.45) is 0.0894. The van der Waals surface area contributed by atoms with Crippen LogP contribution in [-0.4, -0.2) is 26.5 Å². The molecule has 0 saturated carbocycles. The highest BCUT2D eigenvalue weighted by atomic mass is 32.2. The average Bonchev–Trinajstić information content (AvgIpc) is 2.33. The van der Waals surface area contributed by atoms with Crippen LogP contribution in [0.4, 0.5) is 0 Å². The van der Waals surface area contributed by atoms with Crippen LogP contribution in [0.1, 0.15) is 19.2 Å². The first-order valence-electron chi connectivity index (χ1n) is 3.76. The van der Waals surface area contributed by atoms with Crippen LogP contribution in [0.25, 0.3) is 0 Å². The highest BCUT2D eigenvalue weighted by Gasteiger charge is 2.12. The molecular weight excluding hydrogens is 192 g/mol. The Hall–Kier alpha value is -1.04. The fourth-order valence-corrected chi connectivity index (χ4v) is 1.61. The Bertz CT molecular complexity index is 300. The normalized spacial score (nSPS) is 12.8. The molecule has 1 heterocycles. The van der Waals surface area contributed by atoms with E-state index < -0.39 is 5.97 Å². The lowest BCUT2D eigenvalue weighted by molar-refractivity contribution is -0.136. The molecule has 1 aromatic heterocycles. The van der Waals surface area contributed by atoms with Crippen LogP contribution in [0.3, 0.4) is 0 Å². The van der Waals surface area contributed by atoms with Gasteiger partial charge in [0.15, 0.2) is 0 Å². The van der Waals surface area contributed by atoms with Gasteiger partial charge in [-0.25, -0.2) is 0 Å². The van der Waals surface area contributed by atoms with Crippen molar-refractivity contribution in [2.45, 2.75) is 30.7 Å². The third kappa shape index (κ3) is 3.45. The van der Waals surface area contributed by atoms with Crippen molar-refractivity contribution in [2.75, 3.05) is 0 Å². The van der Waals surface area contributed by atoms with Crippen molar-refractivity contribution in [3.05, 3.63) is 5.89 Å². The molecule has 72 valence electrons. The summed E-state index contributed by atoms with van der Waals surface area (Å²) in [6.45, 7) is 3.50. The van der Waals surface area contributed by atoms with Gasteiger partial charge in [0, 0.05) is 12.2 Å². The summed E-state index contributed by atoms with van der Waals surface area (Å²) in [4.78, 5) is 10.3. The van der Waals surface area contributed by atoms with Gasteiger partial charge in [-0.05, 0) is 0 Å². The maximum Gasteiger partial charge on any atom is 0.304 e. The van der Waals surface area contributed by atoms with Gasteiger partial charge in [0.25, 0.3) is 5.22 Å². The van der Waals surface area contributed by atoms with Crippen molar-refractivity contribution in [1.29, 1.82) is 0 Å². The lowest BCUT2D eigenvalue weighted by Gasteiger charge is -2.02. The minimum absolute atomic E-state index is 0.0580. The minimum atomic E-state index is -0.823. The van der Waals surface area contributed by atoms with E-state index in [4.69, 9.17) is 9.52 Å². The molecule has 0 spiro atoms. The molecule has 0 aliphatic heterocycles. The number of carbonyl (C=O) groups is 1. The molecule has 1 rings (SSSR count). The summed E-state index contributed by atoms with van der Waals surface area (Å²) in [7, 11) is 0. The molecule has 0 aromatic carbocycles. The van der Waals surface area contributed by atoms with Crippen molar-refractivity contribution >= 4 is 17.7 Å². The average molecular weight is 202 g/mol. The number of carboxylic acid groups (broad SMARTS) is 1. The summed E-state index contributed by atoms with van der Waals surface area (Å²) in [5.41, 5.74) is 0. The Morgan fingerprint density at radius 1 is 1.69 bits per heavy atom. The number of nitrogens with zero attached hydrogens (tertiary/aromatic N) is 2. The van der Waals surface area contributed by atoms with Crippen LogP contribution in [0, 0.1) is 6.92 Å². The quantitative estimate of drug-likeness (QED) is 0.742. The van der Waals surface area contributed by atoms with Gasteiger partial charge in [0.05, 0.1) is 6.42 Å². The molecule has 1 unspecified atom stereocenters. The molecule has 0 fully saturated rings. The molecule has 1 aromatic rings. The monoisotopic (exact) mass is 202 g/mol. The number of thioether (sulfide) groups is 1. The molecule has 13 heavy (non-hydrogen) atoms. The van der Waals surface area contributed by atoms with E-state index in [-0.39, 0.29) is 11.7 Å². The standard InChI is InChI=1S/C7H10N2O3S/c1-4(3-6(10)11)13-7-9-8-5(2)12-7/h4H,3H2,1-2H3,(H,10,11). The van der Waals surface area contributed by atoms with E-state index in [0.29, 0.717) is 11.1 Å². The Labute approximate surface area is 79.5 Å². The van der Waals surface area contributed by atoms with Gasteiger partial charge in [-0.2, -0.15) is 0 Å². The molecule has 0 aliphatic rings. The molecule has 0 amide bonds. The summed E-state index contributed by atoms with van der Waals surface area (Å²) in [6, 6.07) is 0. The lowest BCUT2D eigenvalue weighted by atomic mass is 10.3. The zero-order chi connectivity index (χ0) is 9.84. The predicted octanol–water partition coefficient (Wildman–Crippen LogP) is 1.33. The van der Waals surface area contributed by atoms with Crippen LogP contribution >= 0.6 is 11.8 Å². The first-order chi connectivity index (χ1) is 6.08. The number of hydrogen-bond acceptors (Lipinski definition) is 5. The van der Waals surface area contributed by atoms with Crippen molar-refractivity contribution in [3.63, 3.8) is 0 Å². The Morgan fingerprint density at radius 3 is 2.85 bits per heavy atom. The first kappa shape index (κ1) is 10.0. The second-order valence-electron chi connectivity index (χ2n) is 2.61. The lowest BCUT2D eigenvalue weighted by Crippen LogP contribution is -2.05. The van der Waals surface area contributed by atoms with Crippen molar-refractivity contribution in [3.8, 4) is 0 Å². The fraction of sp³-hybridized carbons (Fsp3) is 0.571. The number of aryl methyl sites for hydroxylation is 1. The molecule has 0 aliphatic carbocycles. The Balaban J connectivity index is 2.44. The largest absolute Gasteiger partial charge is 0.481 e. The molecule has 0 bridgehead atoms. The van der Waals surface area contributed by atoms with Gasteiger partial charge in [-0.3, -0.25) is 4.79 Å². The summed E-state index contributed by atoms with van der Waals surface area (Å²) >= 11 is 1.27. The first-order valence-corrected chi connectivity index (χ1v) is 4.64. The van der Waals surface area contributed by atoms with Crippen molar-refractivity contribution in [1.82, 2.24) is 10.2 Å². The van der Waals surface area contributed by atoms with E-state index in [2.05, 4.69) is 10.2 Å². The molecule has 1 N–H and O–H groups in total. The number of aliphatic carboxylic acids is 1. The van der Waals surface area contributed by atoms with Gasteiger partial charge < -0.3 is 9.52 Å². The van der Waals surface area contributed by atoms with E-state index in [0.717, 1.165) is 0 Å². The summed E-state index contributed by atoms with van der Waals surface area (Å²) in [5, 5.41) is 16.2. The topological polar surface area (TPSA) is 76.2 Å². The number of rotatable bonds is 4.